The Morgan fingerprint density at radius 3 is 2.78 bits per heavy atom. The molecule has 0 unspecified atom stereocenters. The molecule has 0 saturated carbocycles. The van der Waals surface area contributed by atoms with Crippen molar-refractivity contribution in [3.8, 4) is 0 Å². The standard InChI is InChI=1S/C7H13BrO/c1-2-6-3-7(4-8)9-5-6/h6-7H,2-5H2,1H3/t6-,7-/m0/s1. The van der Waals surface area contributed by atoms with Crippen LogP contribution in [0.1, 0.15) is 19.8 Å². The number of halogens is 1. The maximum Gasteiger partial charge on any atom is 0.0675 e. The second-order valence-electron chi connectivity index (χ2n) is 2.62. The van der Waals surface area contributed by atoms with Crippen molar-refractivity contribution >= 4 is 15.9 Å². The SMILES string of the molecule is CC[C@@H]1CO[C@H](CBr)C1. The molecular formula is C7H13BrO. The molecule has 9 heavy (non-hydrogen) atoms. The minimum absolute atomic E-state index is 0.495. The number of rotatable bonds is 2. The van der Waals surface area contributed by atoms with Gasteiger partial charge in [-0.2, -0.15) is 0 Å². The first-order valence-electron chi connectivity index (χ1n) is 3.54. The van der Waals surface area contributed by atoms with Crippen LogP contribution in [0.15, 0.2) is 0 Å². The van der Waals surface area contributed by atoms with Gasteiger partial charge in [-0.3, -0.25) is 0 Å². The van der Waals surface area contributed by atoms with Crippen molar-refractivity contribution in [2.24, 2.45) is 5.92 Å². The molecular weight excluding hydrogens is 180 g/mol. The van der Waals surface area contributed by atoms with Gasteiger partial charge in [-0.15, -0.1) is 0 Å². The molecule has 54 valence electrons. The smallest absolute Gasteiger partial charge is 0.0675 e. The first kappa shape index (κ1) is 7.55. The van der Waals surface area contributed by atoms with Crippen LogP contribution < -0.4 is 0 Å². The number of hydrogen-bond acceptors (Lipinski definition) is 1. The summed E-state index contributed by atoms with van der Waals surface area (Å²) in [5, 5.41) is 1.00. The maximum atomic E-state index is 5.46. The molecule has 0 amide bonds. The van der Waals surface area contributed by atoms with Crippen LogP contribution in [0.2, 0.25) is 0 Å². The quantitative estimate of drug-likeness (QED) is 0.611. The van der Waals surface area contributed by atoms with Gasteiger partial charge in [0.05, 0.1) is 6.10 Å². The van der Waals surface area contributed by atoms with Gasteiger partial charge >= 0.3 is 0 Å². The van der Waals surface area contributed by atoms with Crippen molar-refractivity contribution in [3.05, 3.63) is 0 Å². The first-order valence-corrected chi connectivity index (χ1v) is 4.66. The summed E-state index contributed by atoms with van der Waals surface area (Å²) in [5.74, 6) is 0.826. The third kappa shape index (κ3) is 1.94. The average Bonchev–Trinajstić information content (AvgIpc) is 2.34. The van der Waals surface area contributed by atoms with E-state index in [2.05, 4.69) is 22.9 Å². The second kappa shape index (κ2) is 3.57. The molecule has 0 aromatic rings. The van der Waals surface area contributed by atoms with Crippen molar-refractivity contribution in [1.29, 1.82) is 0 Å². The zero-order valence-electron chi connectivity index (χ0n) is 5.77. The van der Waals surface area contributed by atoms with Crippen LogP contribution in [-0.4, -0.2) is 18.0 Å². The fourth-order valence-corrected chi connectivity index (χ4v) is 1.62. The van der Waals surface area contributed by atoms with Crippen LogP contribution in [0.25, 0.3) is 0 Å². The summed E-state index contributed by atoms with van der Waals surface area (Å²) in [7, 11) is 0. The molecule has 0 N–H and O–H groups in total. The van der Waals surface area contributed by atoms with Gasteiger partial charge in [0.1, 0.15) is 0 Å². The van der Waals surface area contributed by atoms with Gasteiger partial charge in [0, 0.05) is 11.9 Å². The molecule has 1 rings (SSSR count). The van der Waals surface area contributed by atoms with E-state index in [1.54, 1.807) is 0 Å². The highest BCUT2D eigenvalue weighted by atomic mass is 79.9. The third-order valence-electron chi connectivity index (χ3n) is 1.91. The molecule has 1 aliphatic heterocycles. The lowest BCUT2D eigenvalue weighted by Crippen LogP contribution is -2.05. The molecule has 0 spiro atoms. The lowest BCUT2D eigenvalue weighted by Gasteiger charge is -2.01. The zero-order valence-corrected chi connectivity index (χ0v) is 7.36. The highest BCUT2D eigenvalue weighted by Crippen LogP contribution is 2.22. The zero-order chi connectivity index (χ0) is 6.69. The topological polar surface area (TPSA) is 9.23 Å². The fraction of sp³-hybridized carbons (Fsp3) is 1.00. The second-order valence-corrected chi connectivity index (χ2v) is 3.27. The van der Waals surface area contributed by atoms with E-state index >= 15 is 0 Å². The van der Waals surface area contributed by atoms with Crippen LogP contribution >= 0.6 is 15.9 Å². The van der Waals surface area contributed by atoms with Gasteiger partial charge in [0.2, 0.25) is 0 Å². The molecule has 1 saturated heterocycles. The van der Waals surface area contributed by atoms with E-state index in [1.165, 1.54) is 12.8 Å². The van der Waals surface area contributed by atoms with Gasteiger partial charge in [-0.05, 0) is 12.3 Å². The van der Waals surface area contributed by atoms with Crippen molar-refractivity contribution in [3.63, 3.8) is 0 Å². The minimum atomic E-state index is 0.495. The van der Waals surface area contributed by atoms with Crippen LogP contribution in [0.5, 0.6) is 0 Å². The van der Waals surface area contributed by atoms with Gasteiger partial charge in [0.25, 0.3) is 0 Å². The predicted molar refractivity (Wildman–Crippen MR) is 41.9 cm³/mol. The summed E-state index contributed by atoms with van der Waals surface area (Å²) in [6, 6.07) is 0. The maximum absolute atomic E-state index is 5.46. The predicted octanol–water partition coefficient (Wildman–Crippen LogP) is 2.20. The summed E-state index contributed by atoms with van der Waals surface area (Å²) < 4.78 is 5.46. The van der Waals surface area contributed by atoms with E-state index in [1.807, 2.05) is 0 Å². The molecule has 1 heterocycles. The van der Waals surface area contributed by atoms with Gasteiger partial charge in [-0.1, -0.05) is 29.3 Å². The summed E-state index contributed by atoms with van der Waals surface area (Å²) in [4.78, 5) is 0. The molecule has 0 aliphatic carbocycles. The van der Waals surface area contributed by atoms with Crippen molar-refractivity contribution < 1.29 is 4.74 Å². The molecule has 2 atom stereocenters. The number of ether oxygens (including phenoxy) is 1. The average molecular weight is 193 g/mol. The Bertz CT molecular complexity index is 75.0. The van der Waals surface area contributed by atoms with E-state index in [9.17, 15) is 0 Å². The summed E-state index contributed by atoms with van der Waals surface area (Å²) in [6.45, 7) is 3.21. The number of hydrogen-bond donors (Lipinski definition) is 0. The molecule has 0 aromatic heterocycles. The van der Waals surface area contributed by atoms with E-state index < -0.39 is 0 Å². The monoisotopic (exact) mass is 192 g/mol. The molecule has 2 heteroatoms. The molecule has 1 nitrogen and oxygen atoms in total. The Labute approximate surface area is 64.9 Å². The lowest BCUT2D eigenvalue weighted by atomic mass is 10.0. The minimum Gasteiger partial charge on any atom is -0.377 e. The van der Waals surface area contributed by atoms with Crippen molar-refractivity contribution in [1.82, 2.24) is 0 Å². The highest BCUT2D eigenvalue weighted by Gasteiger charge is 2.22. The van der Waals surface area contributed by atoms with Crippen LogP contribution in [0.4, 0.5) is 0 Å². The normalized spacial score (nSPS) is 35.3. The van der Waals surface area contributed by atoms with Crippen molar-refractivity contribution in [2.45, 2.75) is 25.9 Å². The fourth-order valence-electron chi connectivity index (χ4n) is 1.17. The Kier molecular flexibility index (Phi) is 2.99. The van der Waals surface area contributed by atoms with Gasteiger partial charge in [-0.25, -0.2) is 0 Å². The molecule has 1 aliphatic rings. The number of alkyl halides is 1. The first-order chi connectivity index (χ1) is 4.36. The largest absolute Gasteiger partial charge is 0.377 e. The highest BCUT2D eigenvalue weighted by molar-refractivity contribution is 9.09. The van der Waals surface area contributed by atoms with Crippen LogP contribution in [0, 0.1) is 5.92 Å². The molecule has 1 fully saturated rings. The molecule has 0 radical (unpaired) electrons. The molecule has 0 aromatic carbocycles. The van der Waals surface area contributed by atoms with Gasteiger partial charge < -0.3 is 4.74 Å². The van der Waals surface area contributed by atoms with E-state index in [0.717, 1.165) is 17.9 Å². The summed E-state index contributed by atoms with van der Waals surface area (Å²) in [6.07, 6.45) is 3.01. The van der Waals surface area contributed by atoms with Crippen LogP contribution in [0.3, 0.4) is 0 Å². The van der Waals surface area contributed by atoms with Crippen LogP contribution in [-0.2, 0) is 4.74 Å². The molecule has 0 bridgehead atoms. The van der Waals surface area contributed by atoms with E-state index in [0.29, 0.717) is 6.10 Å². The Morgan fingerprint density at radius 2 is 2.44 bits per heavy atom. The van der Waals surface area contributed by atoms with E-state index in [-0.39, 0.29) is 0 Å². The summed E-state index contributed by atoms with van der Waals surface area (Å²) >= 11 is 3.41. The summed E-state index contributed by atoms with van der Waals surface area (Å²) in [5.41, 5.74) is 0. The van der Waals surface area contributed by atoms with Gasteiger partial charge in [0.15, 0.2) is 0 Å². The third-order valence-corrected chi connectivity index (χ3v) is 2.64. The Balaban J connectivity index is 2.20. The van der Waals surface area contributed by atoms with Crippen molar-refractivity contribution in [2.75, 3.05) is 11.9 Å². The Morgan fingerprint density at radius 1 is 1.67 bits per heavy atom. The van der Waals surface area contributed by atoms with E-state index in [4.69, 9.17) is 4.74 Å². The lowest BCUT2D eigenvalue weighted by molar-refractivity contribution is 0.124. The Hall–Kier alpha value is 0.440.